The van der Waals surface area contributed by atoms with Gasteiger partial charge >= 0.3 is 6.01 Å². The van der Waals surface area contributed by atoms with Crippen molar-refractivity contribution in [3.8, 4) is 29.1 Å². The lowest BCUT2D eigenvalue weighted by atomic mass is 9.95. The Labute approximate surface area is 291 Å². The van der Waals surface area contributed by atoms with Crippen molar-refractivity contribution in [3.05, 3.63) is 53.4 Å². The molecule has 4 saturated heterocycles. The number of ether oxygens (including phenoxy) is 1. The van der Waals surface area contributed by atoms with E-state index in [4.69, 9.17) is 26.3 Å². The third-order valence-corrected chi connectivity index (χ3v) is 11.5. The van der Waals surface area contributed by atoms with Crippen LogP contribution in [0.1, 0.15) is 44.9 Å². The van der Waals surface area contributed by atoms with Gasteiger partial charge in [0, 0.05) is 48.3 Å². The van der Waals surface area contributed by atoms with Gasteiger partial charge in [-0.05, 0) is 89.0 Å². The average Bonchev–Trinajstić information content (AvgIpc) is 3.91. The lowest BCUT2D eigenvalue weighted by Crippen LogP contribution is -2.43. The zero-order chi connectivity index (χ0) is 33.7. The molecule has 0 radical (unpaired) electrons. The number of amides is 1. The Morgan fingerprint density at radius 3 is 2.65 bits per heavy atom. The van der Waals surface area contributed by atoms with Crippen LogP contribution in [0.15, 0.2) is 42.6 Å². The van der Waals surface area contributed by atoms with E-state index in [1.807, 2.05) is 42.3 Å². The van der Waals surface area contributed by atoms with Crippen molar-refractivity contribution in [2.45, 2.75) is 62.6 Å². The number of likely N-dealkylation sites (N-methyl/N-ethyl adjacent to an activating group) is 1. The number of hydrogen-bond acceptors (Lipinski definition) is 8. The van der Waals surface area contributed by atoms with Gasteiger partial charge in [0.2, 0.25) is 0 Å². The molecule has 0 N–H and O–H groups in total. The number of aromatic nitrogens is 3. The molecule has 4 fully saturated rings. The maximum atomic E-state index is 16.8. The van der Waals surface area contributed by atoms with Crippen molar-refractivity contribution in [3.63, 3.8) is 0 Å². The molecule has 4 aliphatic heterocycles. The minimum absolute atomic E-state index is 0.0211. The fourth-order valence-electron chi connectivity index (χ4n) is 8.43. The lowest BCUT2D eigenvalue weighted by molar-refractivity contribution is -0.124. The van der Waals surface area contributed by atoms with Crippen LogP contribution in [0.2, 0.25) is 5.02 Å². The Kier molecular flexibility index (Phi) is 8.55. The maximum absolute atomic E-state index is 16.8. The Bertz CT molecular complexity index is 1980. The number of likely N-dealkylation sites (tertiary alicyclic amines) is 2. The number of anilines is 1. The summed E-state index contributed by atoms with van der Waals surface area (Å²) in [4.78, 5) is 35.9. The van der Waals surface area contributed by atoms with Gasteiger partial charge in [-0.15, -0.1) is 0 Å². The van der Waals surface area contributed by atoms with Crippen molar-refractivity contribution in [1.82, 2.24) is 29.7 Å². The summed E-state index contributed by atoms with van der Waals surface area (Å²) in [5.41, 5.74) is 0.891. The van der Waals surface area contributed by atoms with Crippen LogP contribution in [-0.4, -0.2) is 107 Å². The topological polar surface area (TPSA) is 77.9 Å². The molecule has 0 saturated carbocycles. The Morgan fingerprint density at radius 1 is 1.08 bits per heavy atom. The highest BCUT2D eigenvalue weighted by Crippen LogP contribution is 2.40. The fraction of sp³-hybridized carbons (Fsp3) is 0.474. The number of fused-ring (bicyclic) bond motifs is 3. The van der Waals surface area contributed by atoms with Crippen molar-refractivity contribution in [2.75, 3.05) is 58.3 Å². The second-order valence-corrected chi connectivity index (χ2v) is 14.5. The van der Waals surface area contributed by atoms with Gasteiger partial charge in [0.25, 0.3) is 5.91 Å². The van der Waals surface area contributed by atoms with Gasteiger partial charge in [-0.25, -0.2) is 4.39 Å². The van der Waals surface area contributed by atoms with E-state index in [9.17, 15) is 4.79 Å². The molecule has 1 amide bonds. The number of hydrogen-bond donors (Lipinski definition) is 0. The predicted molar refractivity (Wildman–Crippen MR) is 190 cm³/mol. The summed E-state index contributed by atoms with van der Waals surface area (Å²) in [5, 5.41) is 2.65. The smallest absolute Gasteiger partial charge is 0.319 e. The highest BCUT2D eigenvalue weighted by Gasteiger charge is 2.45. The zero-order valence-electron chi connectivity index (χ0n) is 28.1. The molecule has 49 heavy (non-hydrogen) atoms. The molecule has 254 valence electrons. The summed E-state index contributed by atoms with van der Waals surface area (Å²) in [5.74, 6) is 5.90. The van der Waals surface area contributed by atoms with Gasteiger partial charge in [-0.3, -0.25) is 19.6 Å². The quantitative estimate of drug-likeness (QED) is 0.237. The van der Waals surface area contributed by atoms with Gasteiger partial charge < -0.3 is 14.5 Å². The maximum Gasteiger partial charge on any atom is 0.319 e. The van der Waals surface area contributed by atoms with Gasteiger partial charge in [0.15, 0.2) is 5.82 Å². The number of nitrogens with zero attached hydrogens (tertiary/aromatic N) is 7. The number of carbonyl (C=O) groups is 1. The van der Waals surface area contributed by atoms with Crippen LogP contribution in [-0.2, 0) is 4.79 Å². The predicted octanol–water partition coefficient (Wildman–Crippen LogP) is 5.78. The molecule has 2 unspecified atom stereocenters. The third-order valence-electron chi connectivity index (χ3n) is 11.2. The SMILES string of the molecule is CN1CCCC1C#CC(=O)N1CCC(N(C)c2nc(OCC34CCCN3CCC4)nc3c(F)c(-c4cccc5cccc(Cl)c45)ncc23)C1. The zero-order valence-corrected chi connectivity index (χ0v) is 28.8. The van der Waals surface area contributed by atoms with E-state index in [0.717, 1.165) is 75.4 Å². The van der Waals surface area contributed by atoms with Crippen LogP contribution in [0, 0.1) is 17.7 Å². The van der Waals surface area contributed by atoms with Crippen molar-refractivity contribution < 1.29 is 13.9 Å². The van der Waals surface area contributed by atoms with Gasteiger partial charge in [-0.2, -0.15) is 9.97 Å². The normalized spacial score (nSPS) is 22.1. The Balaban J connectivity index is 1.14. The first kappa shape index (κ1) is 32.2. The summed E-state index contributed by atoms with van der Waals surface area (Å²) in [6.07, 6.45) is 8.91. The van der Waals surface area contributed by atoms with Crippen molar-refractivity contribution in [1.29, 1.82) is 0 Å². The molecule has 4 aromatic rings. The first-order valence-corrected chi connectivity index (χ1v) is 17.8. The van der Waals surface area contributed by atoms with Crippen molar-refractivity contribution in [2.24, 2.45) is 0 Å². The molecule has 4 aliphatic rings. The molecule has 2 aromatic heterocycles. The molecule has 2 aromatic carbocycles. The molecule has 6 heterocycles. The molecule has 9 nitrogen and oxygen atoms in total. The third kappa shape index (κ3) is 5.86. The summed E-state index contributed by atoms with van der Waals surface area (Å²) in [6.45, 7) is 4.70. The number of benzene rings is 2. The standard InChI is InChI=1S/C38H41ClFN7O2/c1-44-18-5-10-26(44)13-14-31(48)46-21-15-27(23-46)45(2)36-29-22-41-34(28-11-3-8-25-9-4-12-30(39)32(25)28)33(40)35(29)42-37(43-36)49-24-38-16-6-19-47(38)20-7-17-38/h3-4,8-9,11-12,22,26-27H,5-7,10,15-21,23-24H2,1-2H3. The van der Waals surface area contributed by atoms with Gasteiger partial charge in [0.1, 0.15) is 23.6 Å². The molecular formula is C38H41ClFN7O2. The molecule has 0 bridgehead atoms. The second-order valence-electron chi connectivity index (χ2n) is 14.1. The van der Waals surface area contributed by atoms with E-state index >= 15 is 4.39 Å². The Morgan fingerprint density at radius 2 is 1.88 bits per heavy atom. The average molecular weight is 682 g/mol. The first-order valence-electron chi connectivity index (χ1n) is 17.5. The molecular weight excluding hydrogens is 641 g/mol. The molecule has 8 rings (SSSR count). The van der Waals surface area contributed by atoms with Gasteiger partial charge in [-0.1, -0.05) is 47.9 Å². The van der Waals surface area contributed by atoms with E-state index < -0.39 is 5.82 Å². The molecule has 11 heteroatoms. The van der Waals surface area contributed by atoms with E-state index in [1.165, 1.54) is 0 Å². The lowest BCUT2D eigenvalue weighted by Gasteiger charge is -2.31. The van der Waals surface area contributed by atoms with Crippen LogP contribution < -0.4 is 9.64 Å². The van der Waals surface area contributed by atoms with E-state index in [-0.39, 0.29) is 40.8 Å². The van der Waals surface area contributed by atoms with Crippen LogP contribution in [0.4, 0.5) is 10.2 Å². The summed E-state index contributed by atoms with van der Waals surface area (Å²) >= 11 is 6.64. The van der Waals surface area contributed by atoms with Crippen LogP contribution in [0.3, 0.4) is 0 Å². The number of rotatable bonds is 6. The largest absolute Gasteiger partial charge is 0.461 e. The number of pyridine rings is 1. The highest BCUT2D eigenvalue weighted by atomic mass is 35.5. The highest BCUT2D eigenvalue weighted by molar-refractivity contribution is 6.36. The van der Waals surface area contributed by atoms with Crippen LogP contribution >= 0.6 is 11.6 Å². The van der Waals surface area contributed by atoms with E-state index in [1.54, 1.807) is 17.2 Å². The second kappa shape index (κ2) is 13.0. The number of carbonyl (C=O) groups excluding carboxylic acids is 1. The Hall–Kier alpha value is -4.04. The summed E-state index contributed by atoms with van der Waals surface area (Å²) in [7, 11) is 3.99. The minimum Gasteiger partial charge on any atom is -0.461 e. The van der Waals surface area contributed by atoms with Crippen LogP contribution in [0.25, 0.3) is 32.9 Å². The van der Waals surface area contributed by atoms with Crippen molar-refractivity contribution >= 4 is 45.0 Å². The minimum atomic E-state index is -0.552. The summed E-state index contributed by atoms with van der Waals surface area (Å²) < 4.78 is 23.2. The van der Waals surface area contributed by atoms with E-state index in [0.29, 0.717) is 41.5 Å². The fourth-order valence-corrected chi connectivity index (χ4v) is 8.71. The molecule has 0 spiro atoms. The molecule has 0 aliphatic carbocycles. The molecule has 2 atom stereocenters. The summed E-state index contributed by atoms with van der Waals surface area (Å²) in [6, 6.07) is 11.5. The number of halogens is 2. The monoisotopic (exact) mass is 681 g/mol. The van der Waals surface area contributed by atoms with Crippen LogP contribution in [0.5, 0.6) is 6.01 Å². The van der Waals surface area contributed by atoms with Gasteiger partial charge in [0.05, 0.1) is 17.0 Å². The van der Waals surface area contributed by atoms with E-state index in [2.05, 4.69) is 33.7 Å². The first-order chi connectivity index (χ1) is 23.8.